The van der Waals surface area contributed by atoms with Gasteiger partial charge in [0.2, 0.25) is 5.13 Å². The van der Waals surface area contributed by atoms with E-state index in [2.05, 4.69) is 39.6 Å². The van der Waals surface area contributed by atoms with Crippen molar-refractivity contribution in [3.63, 3.8) is 0 Å². The van der Waals surface area contributed by atoms with Gasteiger partial charge in [0.1, 0.15) is 0 Å². The van der Waals surface area contributed by atoms with Crippen LogP contribution >= 0.6 is 23.1 Å². The number of carbonyl (C=O) groups excluding carboxylic acids is 1. The zero-order valence-electron chi connectivity index (χ0n) is 15.1. The molecular weight excluding hydrogens is 354 g/mol. The van der Waals surface area contributed by atoms with E-state index in [1.54, 1.807) is 11.8 Å². The summed E-state index contributed by atoms with van der Waals surface area (Å²) in [7, 11) is 0. The first-order valence-corrected chi connectivity index (χ1v) is 10.2. The number of nitrogens with one attached hydrogen (secondary N) is 2. The van der Waals surface area contributed by atoms with Crippen molar-refractivity contribution in [2.24, 2.45) is 0 Å². The Bertz CT molecular complexity index is 700. The lowest BCUT2D eigenvalue weighted by Gasteiger charge is -2.16. The van der Waals surface area contributed by atoms with Crippen molar-refractivity contribution in [2.45, 2.75) is 32.0 Å². The van der Waals surface area contributed by atoms with Gasteiger partial charge in [-0.05, 0) is 50.2 Å². The van der Waals surface area contributed by atoms with Crippen LogP contribution in [0.15, 0.2) is 22.5 Å². The summed E-state index contributed by atoms with van der Waals surface area (Å²) >= 11 is 3.06. The minimum atomic E-state index is -0.306. The first kappa shape index (κ1) is 19.7. The Morgan fingerprint density at radius 1 is 1.16 bits per heavy atom. The standard InChI is InChI=1S/C17H25N5OS2/c1-5-22(6-2)9-10-24-17-21-20-16(25-17)19-15(23)18-14-8-7-12(3)13(4)11-14/h7-8,11H,5-6,9-10H2,1-4H3,(H2,18,19,20,23). The minimum absolute atomic E-state index is 0.306. The minimum Gasteiger partial charge on any atom is -0.308 e. The highest BCUT2D eigenvalue weighted by Crippen LogP contribution is 2.25. The number of aromatic nitrogens is 2. The molecule has 0 fully saturated rings. The molecule has 136 valence electrons. The number of rotatable bonds is 8. The van der Waals surface area contributed by atoms with E-state index in [0.717, 1.165) is 41.0 Å². The van der Waals surface area contributed by atoms with Crippen LogP contribution in [0.25, 0.3) is 0 Å². The van der Waals surface area contributed by atoms with Crippen LogP contribution in [0.5, 0.6) is 0 Å². The van der Waals surface area contributed by atoms with E-state index in [-0.39, 0.29) is 6.03 Å². The van der Waals surface area contributed by atoms with Crippen LogP contribution in [0.3, 0.4) is 0 Å². The number of benzene rings is 1. The fourth-order valence-corrected chi connectivity index (χ4v) is 4.02. The summed E-state index contributed by atoms with van der Waals surface area (Å²) in [5, 5.41) is 14.2. The Labute approximate surface area is 157 Å². The van der Waals surface area contributed by atoms with E-state index in [9.17, 15) is 4.79 Å². The zero-order valence-corrected chi connectivity index (χ0v) is 16.8. The molecule has 0 unspecified atom stereocenters. The van der Waals surface area contributed by atoms with Crippen molar-refractivity contribution in [3.8, 4) is 0 Å². The van der Waals surface area contributed by atoms with Gasteiger partial charge in [-0.15, -0.1) is 10.2 Å². The van der Waals surface area contributed by atoms with Gasteiger partial charge in [0, 0.05) is 18.0 Å². The first-order chi connectivity index (χ1) is 12.0. The molecule has 0 radical (unpaired) electrons. The molecule has 0 aliphatic carbocycles. The van der Waals surface area contributed by atoms with Crippen molar-refractivity contribution in [1.82, 2.24) is 15.1 Å². The lowest BCUT2D eigenvalue weighted by atomic mass is 10.1. The maximum atomic E-state index is 12.1. The summed E-state index contributed by atoms with van der Waals surface area (Å²) in [6.45, 7) is 11.5. The molecule has 0 aliphatic heterocycles. The molecule has 0 saturated heterocycles. The number of anilines is 2. The summed E-state index contributed by atoms with van der Waals surface area (Å²) in [6.07, 6.45) is 0. The second kappa shape index (κ2) is 9.74. The van der Waals surface area contributed by atoms with E-state index in [1.807, 2.05) is 32.0 Å². The molecule has 2 N–H and O–H groups in total. The number of urea groups is 1. The molecule has 0 aliphatic rings. The van der Waals surface area contributed by atoms with Crippen molar-refractivity contribution in [1.29, 1.82) is 0 Å². The second-order valence-corrected chi connectivity index (χ2v) is 7.95. The quantitative estimate of drug-likeness (QED) is 0.530. The monoisotopic (exact) mass is 379 g/mol. The molecule has 1 aromatic carbocycles. The van der Waals surface area contributed by atoms with E-state index in [4.69, 9.17) is 0 Å². The number of hydrogen-bond donors (Lipinski definition) is 2. The van der Waals surface area contributed by atoms with Crippen LogP contribution < -0.4 is 10.6 Å². The molecule has 25 heavy (non-hydrogen) atoms. The molecular formula is C17H25N5OS2. The summed E-state index contributed by atoms with van der Waals surface area (Å²) in [6, 6.07) is 5.51. The van der Waals surface area contributed by atoms with Gasteiger partial charge in [-0.3, -0.25) is 5.32 Å². The molecule has 1 aromatic heterocycles. The molecule has 0 atom stereocenters. The van der Waals surface area contributed by atoms with Gasteiger partial charge in [-0.25, -0.2) is 4.79 Å². The summed E-state index contributed by atoms with van der Waals surface area (Å²) < 4.78 is 0.869. The average Bonchev–Trinajstić information content (AvgIpc) is 3.02. The molecule has 0 bridgehead atoms. The molecule has 1 heterocycles. The highest BCUT2D eigenvalue weighted by molar-refractivity contribution is 8.01. The molecule has 8 heteroatoms. The van der Waals surface area contributed by atoms with E-state index in [1.165, 1.54) is 16.9 Å². The molecule has 0 spiro atoms. The summed E-state index contributed by atoms with van der Waals surface area (Å²) in [4.78, 5) is 14.4. The van der Waals surface area contributed by atoms with Crippen LogP contribution in [0.1, 0.15) is 25.0 Å². The zero-order chi connectivity index (χ0) is 18.2. The van der Waals surface area contributed by atoms with Gasteiger partial charge >= 0.3 is 6.03 Å². The first-order valence-electron chi connectivity index (χ1n) is 8.35. The average molecular weight is 380 g/mol. The molecule has 6 nitrogen and oxygen atoms in total. The molecule has 2 rings (SSSR count). The highest BCUT2D eigenvalue weighted by atomic mass is 32.2. The fraction of sp³-hybridized carbons (Fsp3) is 0.471. The summed E-state index contributed by atoms with van der Waals surface area (Å²) in [5.41, 5.74) is 3.10. The van der Waals surface area contributed by atoms with Crippen molar-refractivity contribution in [3.05, 3.63) is 29.3 Å². The Hall–Kier alpha value is -1.64. The van der Waals surface area contributed by atoms with Crippen LogP contribution in [-0.4, -0.2) is 46.5 Å². The third kappa shape index (κ3) is 6.30. The second-order valence-electron chi connectivity index (χ2n) is 5.63. The number of hydrogen-bond acceptors (Lipinski definition) is 6. The number of amides is 2. The summed E-state index contributed by atoms with van der Waals surface area (Å²) in [5.74, 6) is 0.963. The van der Waals surface area contributed by atoms with Gasteiger partial charge < -0.3 is 10.2 Å². The van der Waals surface area contributed by atoms with E-state index >= 15 is 0 Å². The Morgan fingerprint density at radius 2 is 1.92 bits per heavy atom. The van der Waals surface area contributed by atoms with Crippen LogP contribution in [0.4, 0.5) is 15.6 Å². The lowest BCUT2D eigenvalue weighted by molar-refractivity contribution is 0.262. The predicted octanol–water partition coefficient (Wildman–Crippen LogP) is 4.23. The smallest absolute Gasteiger partial charge is 0.308 e. The lowest BCUT2D eigenvalue weighted by Crippen LogP contribution is -2.25. The number of aryl methyl sites for hydroxylation is 2. The van der Waals surface area contributed by atoms with E-state index < -0.39 is 0 Å². The fourth-order valence-electron chi connectivity index (χ4n) is 2.20. The number of thioether (sulfide) groups is 1. The van der Waals surface area contributed by atoms with Crippen LogP contribution in [0, 0.1) is 13.8 Å². The predicted molar refractivity (Wildman–Crippen MR) is 107 cm³/mol. The van der Waals surface area contributed by atoms with Crippen LogP contribution in [0.2, 0.25) is 0 Å². The van der Waals surface area contributed by atoms with E-state index in [0.29, 0.717) is 5.13 Å². The van der Waals surface area contributed by atoms with Crippen molar-refractivity contribution < 1.29 is 4.79 Å². The van der Waals surface area contributed by atoms with Gasteiger partial charge in [0.25, 0.3) is 0 Å². The Balaban J connectivity index is 1.81. The third-order valence-corrected chi connectivity index (χ3v) is 5.87. The van der Waals surface area contributed by atoms with Gasteiger partial charge in [-0.2, -0.15) is 0 Å². The number of nitrogens with zero attached hydrogens (tertiary/aromatic N) is 3. The molecule has 2 aromatic rings. The molecule has 0 saturated carbocycles. The maximum absolute atomic E-state index is 12.1. The van der Waals surface area contributed by atoms with Gasteiger partial charge in [0.05, 0.1) is 0 Å². The third-order valence-electron chi connectivity index (χ3n) is 3.92. The SMILES string of the molecule is CCN(CC)CCSc1nnc(NC(=O)Nc2ccc(C)c(C)c2)s1. The molecule has 2 amide bonds. The Kier molecular flexibility index (Phi) is 7.67. The largest absolute Gasteiger partial charge is 0.325 e. The van der Waals surface area contributed by atoms with Gasteiger partial charge in [0.15, 0.2) is 4.34 Å². The maximum Gasteiger partial charge on any atom is 0.325 e. The van der Waals surface area contributed by atoms with Crippen molar-refractivity contribution in [2.75, 3.05) is 36.0 Å². The Morgan fingerprint density at radius 3 is 2.60 bits per heavy atom. The number of carbonyl (C=O) groups is 1. The van der Waals surface area contributed by atoms with Crippen molar-refractivity contribution >= 4 is 39.9 Å². The topological polar surface area (TPSA) is 70.2 Å². The van der Waals surface area contributed by atoms with Crippen LogP contribution in [-0.2, 0) is 0 Å². The van der Waals surface area contributed by atoms with Gasteiger partial charge in [-0.1, -0.05) is 43.0 Å². The highest BCUT2D eigenvalue weighted by Gasteiger charge is 2.09. The normalized spacial score (nSPS) is 10.9.